The van der Waals surface area contributed by atoms with Crippen molar-refractivity contribution in [1.82, 2.24) is 15.1 Å². The lowest BCUT2D eigenvalue weighted by molar-refractivity contribution is 0.726. The van der Waals surface area contributed by atoms with E-state index in [1.165, 1.54) is 16.7 Å². The Bertz CT molecular complexity index is 500. The van der Waals surface area contributed by atoms with E-state index < -0.39 is 0 Å². The molecule has 1 aromatic carbocycles. The number of benzene rings is 1. The maximum Gasteiger partial charge on any atom is 0.0677 e. The van der Waals surface area contributed by atoms with Gasteiger partial charge in [-0.05, 0) is 37.6 Å². The average Bonchev–Trinajstić information content (AvgIpc) is 2.78. The van der Waals surface area contributed by atoms with Crippen molar-refractivity contribution in [3.8, 4) is 5.69 Å². The largest absolute Gasteiger partial charge is 0.313 e. The van der Waals surface area contributed by atoms with Gasteiger partial charge in [-0.25, -0.2) is 4.68 Å². The molecule has 1 aromatic heterocycles. The highest BCUT2D eigenvalue weighted by molar-refractivity contribution is 5.42. The van der Waals surface area contributed by atoms with Crippen LogP contribution in [0, 0.1) is 13.8 Å². The number of hydrogen-bond donors (Lipinski definition) is 1. The average molecular weight is 229 g/mol. The fourth-order valence-electron chi connectivity index (χ4n) is 1.82. The van der Waals surface area contributed by atoms with Crippen molar-refractivity contribution in [1.29, 1.82) is 0 Å². The van der Waals surface area contributed by atoms with E-state index >= 15 is 0 Å². The zero-order chi connectivity index (χ0) is 12.3. The van der Waals surface area contributed by atoms with Crippen LogP contribution in [0.5, 0.6) is 0 Å². The molecule has 0 aliphatic heterocycles. The molecule has 0 bridgehead atoms. The summed E-state index contributed by atoms with van der Waals surface area (Å²) in [6.07, 6.45) is 4.01. The minimum Gasteiger partial charge on any atom is -0.313 e. The lowest BCUT2D eigenvalue weighted by Gasteiger charge is -2.06. The molecule has 17 heavy (non-hydrogen) atoms. The predicted octanol–water partition coefficient (Wildman–Crippen LogP) is 2.60. The monoisotopic (exact) mass is 229 g/mol. The van der Waals surface area contributed by atoms with E-state index in [9.17, 15) is 0 Å². The van der Waals surface area contributed by atoms with Crippen LogP contribution in [0.1, 0.15) is 23.6 Å². The Morgan fingerprint density at radius 1 is 1.29 bits per heavy atom. The van der Waals surface area contributed by atoms with Crippen molar-refractivity contribution < 1.29 is 0 Å². The Morgan fingerprint density at radius 3 is 2.88 bits per heavy atom. The van der Waals surface area contributed by atoms with Crippen molar-refractivity contribution >= 4 is 0 Å². The third kappa shape index (κ3) is 2.74. The molecule has 3 heteroatoms. The highest BCUT2D eigenvalue weighted by atomic mass is 15.3. The molecular weight excluding hydrogens is 210 g/mol. The Labute approximate surface area is 102 Å². The van der Waals surface area contributed by atoms with E-state index in [4.69, 9.17) is 0 Å². The summed E-state index contributed by atoms with van der Waals surface area (Å²) in [5, 5.41) is 7.72. The first-order chi connectivity index (χ1) is 8.20. The molecule has 0 radical (unpaired) electrons. The second kappa shape index (κ2) is 5.15. The van der Waals surface area contributed by atoms with Crippen molar-refractivity contribution in [3.63, 3.8) is 0 Å². The summed E-state index contributed by atoms with van der Waals surface area (Å²) in [6.45, 7) is 8.18. The van der Waals surface area contributed by atoms with Crippen LogP contribution >= 0.6 is 0 Å². The molecule has 90 valence electrons. The first-order valence-corrected chi connectivity index (χ1v) is 6.02. The Hall–Kier alpha value is -1.61. The third-order valence-electron chi connectivity index (χ3n) is 2.83. The molecule has 0 fully saturated rings. The van der Waals surface area contributed by atoms with Gasteiger partial charge in [0.15, 0.2) is 0 Å². The van der Waals surface area contributed by atoms with Gasteiger partial charge in [-0.1, -0.05) is 19.1 Å². The lowest BCUT2D eigenvalue weighted by Crippen LogP contribution is -2.10. The second-order valence-electron chi connectivity index (χ2n) is 4.36. The molecule has 1 heterocycles. The van der Waals surface area contributed by atoms with Gasteiger partial charge in [0.05, 0.1) is 11.9 Å². The van der Waals surface area contributed by atoms with Gasteiger partial charge in [-0.2, -0.15) is 5.10 Å². The van der Waals surface area contributed by atoms with Crippen LogP contribution in [-0.2, 0) is 6.54 Å². The predicted molar refractivity (Wildman–Crippen MR) is 70.4 cm³/mol. The molecule has 0 aliphatic rings. The van der Waals surface area contributed by atoms with E-state index in [1.807, 2.05) is 10.9 Å². The number of hydrogen-bond acceptors (Lipinski definition) is 2. The van der Waals surface area contributed by atoms with Crippen molar-refractivity contribution in [2.24, 2.45) is 0 Å². The van der Waals surface area contributed by atoms with Crippen LogP contribution < -0.4 is 5.32 Å². The maximum absolute atomic E-state index is 4.42. The van der Waals surface area contributed by atoms with E-state index in [2.05, 4.69) is 55.6 Å². The smallest absolute Gasteiger partial charge is 0.0677 e. The van der Waals surface area contributed by atoms with Crippen LogP contribution in [0.2, 0.25) is 0 Å². The third-order valence-corrected chi connectivity index (χ3v) is 2.83. The number of nitrogens with one attached hydrogen (secondary N) is 1. The fourth-order valence-corrected chi connectivity index (χ4v) is 1.82. The number of aromatic nitrogens is 2. The minimum atomic E-state index is 0.876. The summed E-state index contributed by atoms with van der Waals surface area (Å²) in [5.74, 6) is 0. The normalized spacial score (nSPS) is 10.8. The highest BCUT2D eigenvalue weighted by Gasteiger charge is 2.03. The second-order valence-corrected chi connectivity index (χ2v) is 4.36. The Balaban J connectivity index is 2.27. The zero-order valence-corrected chi connectivity index (χ0v) is 10.7. The van der Waals surface area contributed by atoms with Gasteiger partial charge >= 0.3 is 0 Å². The number of aryl methyl sites for hydroxylation is 2. The van der Waals surface area contributed by atoms with Gasteiger partial charge in [0, 0.05) is 18.3 Å². The van der Waals surface area contributed by atoms with Gasteiger partial charge < -0.3 is 5.32 Å². The number of rotatable bonds is 4. The number of nitrogens with zero attached hydrogens (tertiary/aromatic N) is 2. The molecule has 2 rings (SSSR count). The van der Waals surface area contributed by atoms with Gasteiger partial charge in [0.2, 0.25) is 0 Å². The Kier molecular flexibility index (Phi) is 3.59. The van der Waals surface area contributed by atoms with Crippen LogP contribution in [-0.4, -0.2) is 16.3 Å². The summed E-state index contributed by atoms with van der Waals surface area (Å²) in [7, 11) is 0. The fraction of sp³-hybridized carbons (Fsp3) is 0.357. The maximum atomic E-state index is 4.42. The molecule has 0 amide bonds. The lowest BCUT2D eigenvalue weighted by atomic mass is 10.1. The molecule has 0 atom stereocenters. The quantitative estimate of drug-likeness (QED) is 0.873. The van der Waals surface area contributed by atoms with Crippen molar-refractivity contribution in [2.75, 3.05) is 6.54 Å². The molecule has 0 aliphatic carbocycles. The molecule has 0 spiro atoms. The van der Waals surface area contributed by atoms with E-state index in [0.29, 0.717) is 0 Å². The van der Waals surface area contributed by atoms with Crippen LogP contribution in [0.25, 0.3) is 5.69 Å². The van der Waals surface area contributed by atoms with E-state index in [-0.39, 0.29) is 0 Å². The minimum absolute atomic E-state index is 0.876. The summed E-state index contributed by atoms with van der Waals surface area (Å²) in [5.41, 5.74) is 4.88. The molecule has 2 aromatic rings. The topological polar surface area (TPSA) is 29.9 Å². The van der Waals surface area contributed by atoms with Crippen molar-refractivity contribution in [3.05, 3.63) is 47.3 Å². The summed E-state index contributed by atoms with van der Waals surface area (Å²) >= 11 is 0. The summed E-state index contributed by atoms with van der Waals surface area (Å²) in [4.78, 5) is 0. The highest BCUT2D eigenvalue weighted by Crippen LogP contribution is 2.15. The Morgan fingerprint density at radius 2 is 2.12 bits per heavy atom. The van der Waals surface area contributed by atoms with E-state index in [1.54, 1.807) is 0 Å². The molecule has 0 saturated carbocycles. The van der Waals surface area contributed by atoms with Crippen LogP contribution in [0.3, 0.4) is 0 Å². The van der Waals surface area contributed by atoms with Gasteiger partial charge in [0.1, 0.15) is 0 Å². The van der Waals surface area contributed by atoms with Gasteiger partial charge in [0.25, 0.3) is 0 Å². The van der Waals surface area contributed by atoms with Gasteiger partial charge in [-0.15, -0.1) is 0 Å². The molecule has 0 unspecified atom stereocenters. The molecular formula is C14H19N3. The standard InChI is InChI=1S/C14H19N3/c1-4-15-8-13-9-16-17(10-13)14-7-11(2)5-6-12(14)3/h5-7,9-10,15H,4,8H2,1-3H3. The molecule has 3 nitrogen and oxygen atoms in total. The van der Waals surface area contributed by atoms with Gasteiger partial charge in [-0.3, -0.25) is 0 Å². The molecule has 0 saturated heterocycles. The molecule has 1 N–H and O–H groups in total. The van der Waals surface area contributed by atoms with Crippen LogP contribution in [0.4, 0.5) is 0 Å². The first kappa shape index (κ1) is 11.9. The van der Waals surface area contributed by atoms with Crippen LogP contribution in [0.15, 0.2) is 30.6 Å². The summed E-state index contributed by atoms with van der Waals surface area (Å²) < 4.78 is 1.95. The van der Waals surface area contributed by atoms with E-state index in [0.717, 1.165) is 18.8 Å². The first-order valence-electron chi connectivity index (χ1n) is 6.02. The SMILES string of the molecule is CCNCc1cnn(-c2cc(C)ccc2C)c1. The summed E-state index contributed by atoms with van der Waals surface area (Å²) in [6, 6.07) is 6.43. The van der Waals surface area contributed by atoms with Crippen molar-refractivity contribution in [2.45, 2.75) is 27.3 Å². The zero-order valence-electron chi connectivity index (χ0n) is 10.7.